The van der Waals surface area contributed by atoms with Gasteiger partial charge in [-0.3, -0.25) is 0 Å². The van der Waals surface area contributed by atoms with E-state index in [4.69, 9.17) is 33.2 Å². The molecule has 0 aromatic carbocycles. The van der Waals surface area contributed by atoms with Crippen LogP contribution in [-0.4, -0.2) is 209 Å². The van der Waals surface area contributed by atoms with E-state index in [1.807, 2.05) is 6.92 Å². The maximum atomic E-state index is 12.0. The van der Waals surface area contributed by atoms with Gasteiger partial charge < -0.3 is 99.5 Å². The van der Waals surface area contributed by atoms with Gasteiger partial charge in [0, 0.05) is 12.3 Å². The molecule has 0 aromatic rings. The third kappa shape index (κ3) is 8.89. The van der Waals surface area contributed by atoms with Gasteiger partial charge in [-0.25, -0.2) is 0 Å². The van der Waals surface area contributed by atoms with Gasteiger partial charge in [0.05, 0.1) is 44.7 Å². The van der Waals surface area contributed by atoms with Crippen molar-refractivity contribution in [1.29, 1.82) is 0 Å². The topological polar surface area (TPSA) is 328 Å². The Morgan fingerprint density at radius 3 is 1.88 bits per heavy atom. The van der Waals surface area contributed by atoms with E-state index in [2.05, 4.69) is 20.8 Å². The van der Waals surface area contributed by atoms with E-state index in [1.165, 1.54) is 0 Å². The van der Waals surface area contributed by atoms with Crippen molar-refractivity contribution in [2.75, 3.05) is 26.4 Å². The first kappa shape index (κ1) is 50.6. The Morgan fingerprint density at radius 1 is 0.646 bits per heavy atom. The summed E-state index contributed by atoms with van der Waals surface area (Å²) in [6.45, 7) is 6.91. The Kier molecular flexibility index (Phi) is 15.1. The zero-order valence-electron chi connectivity index (χ0n) is 37.8. The van der Waals surface area contributed by atoms with E-state index in [9.17, 15) is 66.4 Å². The fourth-order valence-corrected chi connectivity index (χ4v) is 14.2. The maximum Gasteiger partial charge on any atom is 0.187 e. The second-order valence-electron chi connectivity index (χ2n) is 21.6. The van der Waals surface area contributed by atoms with Crippen molar-refractivity contribution in [3.8, 4) is 0 Å². The number of aliphatic hydroxyl groups is 13. The number of fused-ring (bicyclic) bond motifs is 7. The molecule has 0 spiro atoms. The molecule has 0 aromatic heterocycles. The first-order valence-electron chi connectivity index (χ1n) is 23.9. The molecule has 4 saturated heterocycles. The summed E-state index contributed by atoms with van der Waals surface area (Å²) in [6, 6.07) is 0. The molecule has 65 heavy (non-hydrogen) atoms. The predicted molar refractivity (Wildman–Crippen MR) is 220 cm³/mol. The lowest BCUT2D eigenvalue weighted by Crippen LogP contribution is -2.65. The molecule has 13 N–H and O–H groups in total. The van der Waals surface area contributed by atoms with Crippen molar-refractivity contribution in [1.82, 2.24) is 0 Å². The highest BCUT2D eigenvalue weighted by Gasteiger charge is 2.69. The molecule has 8 fully saturated rings. The molecule has 20 nitrogen and oxygen atoms in total. The molecular weight excluding hydrogens is 860 g/mol. The second kappa shape index (κ2) is 19.4. The second-order valence-corrected chi connectivity index (χ2v) is 21.6. The number of rotatable bonds is 13. The number of ether oxygens (including phenoxy) is 7. The summed E-state index contributed by atoms with van der Waals surface area (Å²) in [5.41, 5.74) is -0.260. The molecule has 4 aliphatic carbocycles. The van der Waals surface area contributed by atoms with Crippen LogP contribution in [0.25, 0.3) is 0 Å². The summed E-state index contributed by atoms with van der Waals surface area (Å²) in [5, 5.41) is 137. The van der Waals surface area contributed by atoms with E-state index < -0.39 is 130 Å². The summed E-state index contributed by atoms with van der Waals surface area (Å²) in [4.78, 5) is 0. The molecular formula is C45H76O20. The summed E-state index contributed by atoms with van der Waals surface area (Å²) >= 11 is 0. The standard InChI is InChI=1S/C45H76O20/c1-18(17-59-40-36(55)33(52)31(50)27(14-46)61-40)7-10-45(58)19(2)30-26(65-45)12-23-21-6-5-20-11-25(24(49)13-44(20,4)22(21)8-9-43(23,30)3)60-41-38(57)35(54)39(29(16-48)63-41)64-42-37(56)34(53)32(51)28(15-47)62-42/h18-42,46-58H,5-17H2,1-4H3/t18-,19-,20-,21+,22-,23-,24+,25+,26-,27+,28+,29+,30-,31+,32+,33-,34-,35+,36+,37+,38+,39-,40+,41+,42-,43-,44-,45+/m0/s1. The molecule has 20 heteroatoms. The van der Waals surface area contributed by atoms with Gasteiger partial charge in [0.25, 0.3) is 0 Å². The van der Waals surface area contributed by atoms with Crippen molar-refractivity contribution in [3.05, 3.63) is 0 Å². The van der Waals surface area contributed by atoms with Gasteiger partial charge in [0.15, 0.2) is 24.7 Å². The summed E-state index contributed by atoms with van der Waals surface area (Å²) in [5.74, 6) is -0.0721. The van der Waals surface area contributed by atoms with Gasteiger partial charge in [-0.2, -0.15) is 0 Å². The fraction of sp³-hybridized carbons (Fsp3) is 1.00. The van der Waals surface area contributed by atoms with Crippen LogP contribution in [-0.2, 0) is 33.2 Å². The molecule has 8 aliphatic rings. The number of aliphatic hydroxyl groups excluding tert-OH is 12. The molecule has 4 aliphatic heterocycles. The van der Waals surface area contributed by atoms with Gasteiger partial charge in [-0.05, 0) is 97.7 Å². The van der Waals surface area contributed by atoms with E-state index in [0.29, 0.717) is 43.4 Å². The Bertz CT molecular complexity index is 1590. The molecule has 0 unspecified atom stereocenters. The molecule has 0 bridgehead atoms. The van der Waals surface area contributed by atoms with Gasteiger partial charge in [0.2, 0.25) is 0 Å². The van der Waals surface area contributed by atoms with Crippen LogP contribution < -0.4 is 0 Å². The van der Waals surface area contributed by atoms with Crippen LogP contribution in [0.2, 0.25) is 0 Å². The summed E-state index contributed by atoms with van der Waals surface area (Å²) in [7, 11) is 0. The monoisotopic (exact) mass is 936 g/mol. The Hall–Kier alpha value is -0.800. The Balaban J connectivity index is 0.852. The van der Waals surface area contributed by atoms with Crippen molar-refractivity contribution in [3.63, 3.8) is 0 Å². The van der Waals surface area contributed by atoms with Gasteiger partial charge in [0.1, 0.15) is 73.2 Å². The number of hydrogen-bond acceptors (Lipinski definition) is 20. The molecule has 0 radical (unpaired) electrons. The van der Waals surface area contributed by atoms with Crippen molar-refractivity contribution < 1.29 is 99.5 Å². The molecule has 4 saturated carbocycles. The van der Waals surface area contributed by atoms with Crippen LogP contribution in [0.4, 0.5) is 0 Å². The lowest BCUT2D eigenvalue weighted by Gasteiger charge is -2.62. The van der Waals surface area contributed by atoms with Gasteiger partial charge >= 0.3 is 0 Å². The minimum atomic E-state index is -1.78. The normalized spacial score (nSPS) is 56.1. The van der Waals surface area contributed by atoms with E-state index >= 15 is 0 Å². The van der Waals surface area contributed by atoms with Gasteiger partial charge in [-0.1, -0.05) is 27.7 Å². The first-order chi connectivity index (χ1) is 30.7. The Labute approximate surface area is 379 Å². The zero-order valence-corrected chi connectivity index (χ0v) is 37.8. The molecule has 4 heterocycles. The smallest absolute Gasteiger partial charge is 0.187 e. The average molecular weight is 937 g/mol. The SMILES string of the molecule is C[C@@H](CC[C@@]1(O)O[C@H]2C[C@H]3[C@@H]4CC[C@H]5C[C@@H](O[C@@H]6O[C@H](CO)[C@H](O[C@@H]7O[C@H](CO)[C@@H](O)[C@H](O)[C@H]7O)[C@H](O)[C@H]6O)[C@H](O)C[C@]5(C)[C@H]4CC[C@]3(C)[C@H]2[C@@H]1C)CO[C@@H]1O[C@H](CO)[C@@H](O)[C@H](O)[C@H]1O. The van der Waals surface area contributed by atoms with E-state index in [0.717, 1.165) is 32.1 Å². The Morgan fingerprint density at radius 2 is 1.23 bits per heavy atom. The van der Waals surface area contributed by atoms with Crippen molar-refractivity contribution >= 4 is 0 Å². The minimum absolute atomic E-state index is 0.0569. The van der Waals surface area contributed by atoms with Crippen LogP contribution in [0.1, 0.15) is 85.5 Å². The third-order valence-corrected chi connectivity index (χ3v) is 18.0. The average Bonchev–Trinajstić information content (AvgIpc) is 3.72. The lowest BCUT2D eigenvalue weighted by molar-refractivity contribution is -0.366. The third-order valence-electron chi connectivity index (χ3n) is 18.0. The quantitative estimate of drug-likeness (QED) is 0.0829. The molecule has 28 atom stereocenters. The van der Waals surface area contributed by atoms with Crippen LogP contribution in [0.5, 0.6) is 0 Å². The molecule has 8 rings (SSSR count). The van der Waals surface area contributed by atoms with E-state index in [-0.39, 0.29) is 47.2 Å². The fourth-order valence-electron chi connectivity index (χ4n) is 14.2. The van der Waals surface area contributed by atoms with Crippen LogP contribution in [0, 0.1) is 52.3 Å². The maximum absolute atomic E-state index is 12.0. The summed E-state index contributed by atoms with van der Waals surface area (Å²) in [6.07, 6.45) is -17.7. The molecule has 376 valence electrons. The van der Waals surface area contributed by atoms with Crippen molar-refractivity contribution in [2.45, 2.75) is 202 Å². The van der Waals surface area contributed by atoms with Gasteiger partial charge in [-0.15, -0.1) is 0 Å². The van der Waals surface area contributed by atoms with Crippen LogP contribution in [0.15, 0.2) is 0 Å². The van der Waals surface area contributed by atoms with E-state index in [1.54, 1.807) is 0 Å². The molecule has 0 amide bonds. The zero-order chi connectivity index (χ0) is 47.1. The first-order valence-corrected chi connectivity index (χ1v) is 23.9. The predicted octanol–water partition coefficient (Wildman–Crippen LogP) is -2.81. The highest BCUT2D eigenvalue weighted by molar-refractivity contribution is 5.15. The van der Waals surface area contributed by atoms with Crippen LogP contribution >= 0.6 is 0 Å². The largest absolute Gasteiger partial charge is 0.394 e. The van der Waals surface area contributed by atoms with Crippen LogP contribution in [0.3, 0.4) is 0 Å². The number of hydrogen-bond donors (Lipinski definition) is 13. The highest BCUT2D eigenvalue weighted by atomic mass is 16.7. The minimum Gasteiger partial charge on any atom is -0.394 e. The van der Waals surface area contributed by atoms with Crippen molar-refractivity contribution in [2.24, 2.45) is 52.3 Å². The highest BCUT2D eigenvalue weighted by Crippen LogP contribution is 2.71. The summed E-state index contributed by atoms with van der Waals surface area (Å²) < 4.78 is 41.2. The lowest BCUT2D eigenvalue weighted by atomic mass is 9.44.